The summed E-state index contributed by atoms with van der Waals surface area (Å²) in [6, 6.07) is 7.58. The fourth-order valence-corrected chi connectivity index (χ4v) is 3.44. The Bertz CT molecular complexity index is 712. The van der Waals surface area contributed by atoms with Crippen molar-refractivity contribution in [2.75, 3.05) is 18.4 Å². The molecule has 1 atom stereocenters. The fraction of sp³-hybridized carbons (Fsp3) is 0.571. The molecule has 146 valence electrons. The van der Waals surface area contributed by atoms with E-state index in [2.05, 4.69) is 10.6 Å². The van der Waals surface area contributed by atoms with Crippen LogP contribution >= 0.6 is 0 Å². The highest BCUT2D eigenvalue weighted by atomic mass is 16.2. The third-order valence-electron chi connectivity index (χ3n) is 5.21. The van der Waals surface area contributed by atoms with Gasteiger partial charge in [-0.1, -0.05) is 26.0 Å². The highest BCUT2D eigenvalue weighted by Crippen LogP contribution is 2.30. The number of piperidine rings is 1. The Morgan fingerprint density at radius 2 is 1.89 bits per heavy atom. The van der Waals surface area contributed by atoms with E-state index in [1.165, 1.54) is 0 Å². The van der Waals surface area contributed by atoms with Crippen LogP contribution in [0.5, 0.6) is 0 Å². The molecular weight excluding hydrogens is 342 g/mol. The molecule has 0 radical (unpaired) electrons. The largest absolute Gasteiger partial charge is 0.352 e. The zero-order valence-corrected chi connectivity index (χ0v) is 16.2. The van der Waals surface area contributed by atoms with Gasteiger partial charge < -0.3 is 15.5 Å². The van der Waals surface area contributed by atoms with Crippen LogP contribution in [-0.4, -0.2) is 35.7 Å². The first-order valence-electron chi connectivity index (χ1n) is 9.90. The van der Waals surface area contributed by atoms with Crippen molar-refractivity contribution in [2.24, 2.45) is 17.8 Å². The minimum atomic E-state index is -0.154. The second kappa shape index (κ2) is 8.55. The van der Waals surface area contributed by atoms with Crippen LogP contribution in [0.2, 0.25) is 0 Å². The average Bonchev–Trinajstić information content (AvgIpc) is 3.51. The van der Waals surface area contributed by atoms with Gasteiger partial charge in [0.15, 0.2) is 0 Å². The van der Waals surface area contributed by atoms with Gasteiger partial charge in [0.05, 0.1) is 5.92 Å². The van der Waals surface area contributed by atoms with Gasteiger partial charge in [0, 0.05) is 37.2 Å². The maximum Gasteiger partial charge on any atom is 0.227 e. The quantitative estimate of drug-likeness (QED) is 0.807. The lowest BCUT2D eigenvalue weighted by Crippen LogP contribution is -2.46. The van der Waals surface area contributed by atoms with Crippen molar-refractivity contribution in [3.63, 3.8) is 0 Å². The molecule has 0 spiro atoms. The van der Waals surface area contributed by atoms with Crippen LogP contribution in [0.15, 0.2) is 24.3 Å². The van der Waals surface area contributed by atoms with Crippen LogP contribution < -0.4 is 10.6 Å². The highest BCUT2D eigenvalue weighted by Gasteiger charge is 2.30. The Morgan fingerprint density at radius 3 is 2.59 bits per heavy atom. The lowest BCUT2D eigenvalue weighted by Gasteiger charge is -2.33. The second-order valence-corrected chi connectivity index (χ2v) is 7.96. The number of benzene rings is 1. The summed E-state index contributed by atoms with van der Waals surface area (Å²) < 4.78 is 0. The van der Waals surface area contributed by atoms with Gasteiger partial charge in [-0.15, -0.1) is 0 Å². The number of carbonyl (C=O) groups excluding carboxylic acids is 3. The number of likely N-dealkylation sites (tertiary alicyclic amines) is 1. The summed E-state index contributed by atoms with van der Waals surface area (Å²) in [5, 5.41) is 5.91. The number of rotatable bonds is 6. The van der Waals surface area contributed by atoms with Gasteiger partial charge in [0.1, 0.15) is 0 Å². The van der Waals surface area contributed by atoms with Gasteiger partial charge in [-0.2, -0.15) is 0 Å². The van der Waals surface area contributed by atoms with Gasteiger partial charge >= 0.3 is 0 Å². The molecule has 1 aromatic rings. The number of amides is 3. The molecule has 2 fully saturated rings. The Labute approximate surface area is 160 Å². The van der Waals surface area contributed by atoms with Crippen LogP contribution in [0.25, 0.3) is 0 Å². The van der Waals surface area contributed by atoms with E-state index >= 15 is 0 Å². The summed E-state index contributed by atoms with van der Waals surface area (Å²) >= 11 is 0. The number of anilines is 1. The molecule has 1 saturated carbocycles. The van der Waals surface area contributed by atoms with Crippen LogP contribution in [0.1, 0.15) is 45.1 Å². The van der Waals surface area contributed by atoms with Gasteiger partial charge in [0.2, 0.25) is 17.7 Å². The van der Waals surface area contributed by atoms with E-state index in [0.29, 0.717) is 13.1 Å². The van der Waals surface area contributed by atoms with Crippen molar-refractivity contribution in [3.05, 3.63) is 29.8 Å². The Balaban J connectivity index is 1.51. The first-order chi connectivity index (χ1) is 12.9. The molecule has 0 bridgehead atoms. The first kappa shape index (κ1) is 19.4. The summed E-state index contributed by atoms with van der Waals surface area (Å²) in [4.78, 5) is 38.4. The number of hydrogen-bond donors (Lipinski definition) is 2. The van der Waals surface area contributed by atoms with E-state index < -0.39 is 0 Å². The Kier molecular flexibility index (Phi) is 6.14. The molecule has 27 heavy (non-hydrogen) atoms. The molecule has 0 aromatic heterocycles. The maximum atomic E-state index is 12.6. The summed E-state index contributed by atoms with van der Waals surface area (Å²) in [6.45, 7) is 5.44. The van der Waals surface area contributed by atoms with E-state index in [9.17, 15) is 14.4 Å². The smallest absolute Gasteiger partial charge is 0.227 e. The van der Waals surface area contributed by atoms with Crippen LogP contribution in [0, 0.1) is 17.8 Å². The van der Waals surface area contributed by atoms with E-state index in [1.54, 1.807) is 0 Å². The fourth-order valence-electron chi connectivity index (χ4n) is 3.44. The molecule has 6 nitrogen and oxygen atoms in total. The lowest BCUT2D eigenvalue weighted by molar-refractivity contribution is -0.138. The SMILES string of the molecule is CC(C)C(=O)N1CCCC(C(=O)NCc2cccc(NC(=O)C3CC3)c2)C1. The Morgan fingerprint density at radius 1 is 1.11 bits per heavy atom. The zero-order valence-electron chi connectivity index (χ0n) is 16.2. The predicted octanol–water partition coefficient (Wildman–Crippen LogP) is 2.55. The van der Waals surface area contributed by atoms with Crippen molar-refractivity contribution >= 4 is 23.4 Å². The summed E-state index contributed by atoms with van der Waals surface area (Å²) in [5.74, 6) is 0.152. The van der Waals surface area contributed by atoms with Crippen molar-refractivity contribution in [3.8, 4) is 0 Å². The van der Waals surface area contributed by atoms with Crippen LogP contribution in [0.4, 0.5) is 5.69 Å². The molecular formula is C21H29N3O3. The van der Waals surface area contributed by atoms with E-state index in [1.807, 2.05) is 43.0 Å². The monoisotopic (exact) mass is 371 g/mol. The minimum absolute atomic E-state index is 0.0105. The Hall–Kier alpha value is -2.37. The maximum absolute atomic E-state index is 12.6. The number of nitrogens with one attached hydrogen (secondary N) is 2. The first-order valence-corrected chi connectivity index (χ1v) is 9.90. The van der Waals surface area contributed by atoms with Gasteiger partial charge in [-0.25, -0.2) is 0 Å². The molecule has 1 aliphatic heterocycles. The predicted molar refractivity (Wildman–Crippen MR) is 104 cm³/mol. The van der Waals surface area contributed by atoms with Gasteiger partial charge in [0.25, 0.3) is 0 Å². The third-order valence-corrected chi connectivity index (χ3v) is 5.21. The lowest BCUT2D eigenvalue weighted by atomic mass is 9.96. The second-order valence-electron chi connectivity index (χ2n) is 7.96. The topological polar surface area (TPSA) is 78.5 Å². The summed E-state index contributed by atoms with van der Waals surface area (Å²) in [7, 11) is 0. The molecule has 1 aromatic carbocycles. The third kappa shape index (κ3) is 5.31. The zero-order chi connectivity index (χ0) is 19.4. The van der Waals surface area contributed by atoms with Crippen LogP contribution in [-0.2, 0) is 20.9 Å². The van der Waals surface area contributed by atoms with Gasteiger partial charge in [-0.3, -0.25) is 14.4 Å². The highest BCUT2D eigenvalue weighted by molar-refractivity contribution is 5.94. The molecule has 1 saturated heterocycles. The molecule has 1 aliphatic carbocycles. The van der Waals surface area contributed by atoms with E-state index in [-0.39, 0.29) is 35.5 Å². The average molecular weight is 371 g/mol. The summed E-state index contributed by atoms with van der Waals surface area (Å²) in [5.41, 5.74) is 1.72. The minimum Gasteiger partial charge on any atom is -0.352 e. The molecule has 3 amide bonds. The van der Waals surface area contributed by atoms with Crippen molar-refractivity contribution in [2.45, 2.75) is 46.1 Å². The van der Waals surface area contributed by atoms with Crippen molar-refractivity contribution in [1.82, 2.24) is 10.2 Å². The molecule has 3 rings (SSSR count). The number of nitrogens with zero attached hydrogens (tertiary/aromatic N) is 1. The van der Waals surface area contributed by atoms with E-state index in [4.69, 9.17) is 0 Å². The van der Waals surface area contributed by atoms with Crippen molar-refractivity contribution < 1.29 is 14.4 Å². The molecule has 6 heteroatoms. The molecule has 1 unspecified atom stereocenters. The van der Waals surface area contributed by atoms with E-state index in [0.717, 1.165) is 43.5 Å². The van der Waals surface area contributed by atoms with Gasteiger partial charge in [-0.05, 0) is 43.4 Å². The van der Waals surface area contributed by atoms with Crippen molar-refractivity contribution in [1.29, 1.82) is 0 Å². The standard InChI is InChI=1S/C21H29N3O3/c1-14(2)21(27)24-10-4-6-17(13-24)19(25)22-12-15-5-3-7-18(11-15)23-20(26)16-8-9-16/h3,5,7,11,14,16-17H,4,6,8-10,12-13H2,1-2H3,(H,22,25)(H,23,26). The molecule has 1 heterocycles. The normalized spacial score (nSPS) is 19.7. The summed E-state index contributed by atoms with van der Waals surface area (Å²) in [6.07, 6.45) is 3.61. The number of hydrogen-bond acceptors (Lipinski definition) is 3. The molecule has 2 N–H and O–H groups in total. The van der Waals surface area contributed by atoms with Crippen LogP contribution in [0.3, 0.4) is 0 Å². The number of carbonyl (C=O) groups is 3. The molecule has 2 aliphatic rings.